The van der Waals surface area contributed by atoms with E-state index in [1.807, 2.05) is 24.3 Å². The van der Waals surface area contributed by atoms with Gasteiger partial charge in [-0.1, -0.05) is 25.0 Å². The number of carbonyl (C=O) groups excluding carboxylic acids is 1. The van der Waals surface area contributed by atoms with Crippen LogP contribution in [0.5, 0.6) is 0 Å². The first-order valence-corrected chi connectivity index (χ1v) is 7.52. The van der Waals surface area contributed by atoms with Crippen molar-refractivity contribution in [1.29, 1.82) is 0 Å². The van der Waals surface area contributed by atoms with Crippen LogP contribution in [0.25, 0.3) is 5.69 Å². The fourth-order valence-electron chi connectivity index (χ4n) is 2.77. The number of tetrazole rings is 1. The Kier molecular flexibility index (Phi) is 4.43. The van der Waals surface area contributed by atoms with Crippen LogP contribution >= 0.6 is 0 Å². The molecule has 1 heterocycles. The van der Waals surface area contributed by atoms with Crippen LogP contribution < -0.4 is 5.32 Å². The van der Waals surface area contributed by atoms with E-state index < -0.39 is 6.10 Å². The molecule has 0 aliphatic heterocycles. The van der Waals surface area contributed by atoms with Gasteiger partial charge in [0.25, 0.3) is 0 Å². The molecule has 22 heavy (non-hydrogen) atoms. The van der Waals surface area contributed by atoms with Crippen LogP contribution in [0.15, 0.2) is 30.6 Å². The van der Waals surface area contributed by atoms with Gasteiger partial charge >= 0.3 is 0 Å². The maximum atomic E-state index is 12.1. The first-order chi connectivity index (χ1) is 10.7. The summed E-state index contributed by atoms with van der Waals surface area (Å²) < 4.78 is 1.56. The summed E-state index contributed by atoms with van der Waals surface area (Å²) in [5.41, 5.74) is 1.76. The molecule has 1 aliphatic carbocycles. The number of carbonyl (C=O) groups is 1. The summed E-state index contributed by atoms with van der Waals surface area (Å²) in [6, 6.07) is 7.40. The highest BCUT2D eigenvalue weighted by Gasteiger charge is 2.24. The van der Waals surface area contributed by atoms with Gasteiger partial charge in [0.05, 0.1) is 24.3 Å². The summed E-state index contributed by atoms with van der Waals surface area (Å²) in [5.74, 6) is -0.0545. The second kappa shape index (κ2) is 6.65. The van der Waals surface area contributed by atoms with Crippen molar-refractivity contribution < 1.29 is 9.90 Å². The number of rotatable bonds is 4. The van der Waals surface area contributed by atoms with E-state index in [1.54, 1.807) is 4.68 Å². The summed E-state index contributed by atoms with van der Waals surface area (Å²) >= 11 is 0. The Balaban J connectivity index is 1.57. The van der Waals surface area contributed by atoms with Crippen LogP contribution in [-0.4, -0.2) is 43.4 Å². The Hall–Kier alpha value is -2.28. The zero-order valence-corrected chi connectivity index (χ0v) is 12.2. The summed E-state index contributed by atoms with van der Waals surface area (Å²) in [5, 5.41) is 23.8. The third-order valence-corrected chi connectivity index (χ3v) is 3.99. The zero-order chi connectivity index (χ0) is 15.4. The molecule has 1 aromatic heterocycles. The van der Waals surface area contributed by atoms with Crippen LogP contribution in [0.1, 0.15) is 31.2 Å². The van der Waals surface area contributed by atoms with E-state index in [0.717, 1.165) is 36.9 Å². The highest BCUT2D eigenvalue weighted by molar-refractivity contribution is 5.79. The standard InChI is InChI=1S/C15H19N5O2/c21-14-4-2-1-3-13(14)17-15(22)9-11-5-7-12(8-6-11)20-10-16-18-19-20/h5-8,10,13-14,21H,1-4,9H2,(H,17,22). The van der Waals surface area contributed by atoms with Gasteiger partial charge in [0.1, 0.15) is 6.33 Å². The van der Waals surface area contributed by atoms with Crippen LogP contribution in [-0.2, 0) is 11.2 Å². The predicted molar refractivity (Wildman–Crippen MR) is 79.3 cm³/mol. The molecule has 2 atom stereocenters. The van der Waals surface area contributed by atoms with Crippen molar-refractivity contribution in [2.75, 3.05) is 0 Å². The van der Waals surface area contributed by atoms with E-state index in [1.165, 1.54) is 6.33 Å². The normalized spacial score (nSPS) is 21.5. The number of aliphatic hydroxyl groups is 1. The molecule has 1 aliphatic rings. The van der Waals surface area contributed by atoms with E-state index in [2.05, 4.69) is 20.8 Å². The summed E-state index contributed by atoms with van der Waals surface area (Å²) in [7, 11) is 0. The smallest absolute Gasteiger partial charge is 0.224 e. The van der Waals surface area contributed by atoms with Gasteiger partial charge in [-0.2, -0.15) is 0 Å². The summed E-state index contributed by atoms with van der Waals surface area (Å²) in [6.45, 7) is 0. The molecule has 2 unspecified atom stereocenters. The number of aromatic nitrogens is 4. The number of benzene rings is 1. The van der Waals surface area contributed by atoms with Gasteiger partial charge < -0.3 is 10.4 Å². The van der Waals surface area contributed by atoms with E-state index in [0.29, 0.717) is 6.42 Å². The Morgan fingerprint density at radius 1 is 1.27 bits per heavy atom. The second-order valence-electron chi connectivity index (χ2n) is 5.62. The molecule has 0 radical (unpaired) electrons. The lowest BCUT2D eigenvalue weighted by Gasteiger charge is -2.28. The molecule has 1 amide bonds. The molecule has 7 nitrogen and oxygen atoms in total. The Bertz CT molecular complexity index is 611. The van der Waals surface area contributed by atoms with E-state index in [4.69, 9.17) is 0 Å². The summed E-state index contributed by atoms with van der Waals surface area (Å²) in [6.07, 6.45) is 5.12. The maximum absolute atomic E-state index is 12.1. The van der Waals surface area contributed by atoms with Gasteiger partial charge in [0.15, 0.2) is 0 Å². The molecule has 0 saturated heterocycles. The van der Waals surface area contributed by atoms with Crippen LogP contribution in [0.2, 0.25) is 0 Å². The van der Waals surface area contributed by atoms with Crippen molar-refractivity contribution in [3.05, 3.63) is 36.2 Å². The minimum Gasteiger partial charge on any atom is -0.391 e. The van der Waals surface area contributed by atoms with Gasteiger partial charge in [-0.15, -0.1) is 5.10 Å². The predicted octanol–water partition coefficient (Wildman–Crippen LogP) is 0.624. The summed E-state index contributed by atoms with van der Waals surface area (Å²) in [4.78, 5) is 12.1. The monoisotopic (exact) mass is 301 g/mol. The van der Waals surface area contributed by atoms with E-state index >= 15 is 0 Å². The van der Waals surface area contributed by atoms with Crippen LogP contribution in [0, 0.1) is 0 Å². The fraction of sp³-hybridized carbons (Fsp3) is 0.467. The lowest BCUT2D eigenvalue weighted by molar-refractivity contribution is -0.122. The van der Waals surface area contributed by atoms with Gasteiger partial charge in [0, 0.05) is 0 Å². The Labute approximate surface area is 128 Å². The molecule has 0 bridgehead atoms. The van der Waals surface area contributed by atoms with Crippen molar-refractivity contribution in [3.63, 3.8) is 0 Å². The van der Waals surface area contributed by atoms with Crippen molar-refractivity contribution in [1.82, 2.24) is 25.5 Å². The van der Waals surface area contributed by atoms with Gasteiger partial charge in [0.2, 0.25) is 5.91 Å². The number of hydrogen-bond donors (Lipinski definition) is 2. The molecule has 0 spiro atoms. The first kappa shape index (κ1) is 14.6. The molecule has 116 valence electrons. The average molecular weight is 301 g/mol. The Morgan fingerprint density at radius 2 is 2.05 bits per heavy atom. The molecule has 3 rings (SSSR count). The first-order valence-electron chi connectivity index (χ1n) is 7.52. The number of nitrogens with zero attached hydrogens (tertiary/aromatic N) is 4. The molecule has 2 N–H and O–H groups in total. The molecular weight excluding hydrogens is 282 g/mol. The largest absolute Gasteiger partial charge is 0.391 e. The third kappa shape index (κ3) is 3.48. The fourth-order valence-corrected chi connectivity index (χ4v) is 2.77. The third-order valence-electron chi connectivity index (χ3n) is 3.99. The topological polar surface area (TPSA) is 92.9 Å². The van der Waals surface area contributed by atoms with Gasteiger partial charge in [-0.05, 0) is 41.0 Å². The van der Waals surface area contributed by atoms with E-state index in [-0.39, 0.29) is 11.9 Å². The van der Waals surface area contributed by atoms with Crippen LogP contribution in [0.4, 0.5) is 0 Å². The Morgan fingerprint density at radius 3 is 2.73 bits per heavy atom. The highest BCUT2D eigenvalue weighted by atomic mass is 16.3. The van der Waals surface area contributed by atoms with Crippen LogP contribution in [0.3, 0.4) is 0 Å². The minimum absolute atomic E-state index is 0.0545. The molecule has 1 saturated carbocycles. The lowest BCUT2D eigenvalue weighted by atomic mass is 9.92. The van der Waals surface area contributed by atoms with Crippen molar-refractivity contribution in [3.8, 4) is 5.69 Å². The molecular formula is C15H19N5O2. The average Bonchev–Trinajstić information content (AvgIpc) is 3.05. The number of nitrogens with one attached hydrogen (secondary N) is 1. The maximum Gasteiger partial charge on any atom is 0.224 e. The van der Waals surface area contributed by atoms with E-state index in [9.17, 15) is 9.90 Å². The van der Waals surface area contributed by atoms with Gasteiger partial charge in [-0.3, -0.25) is 4.79 Å². The molecule has 1 fully saturated rings. The molecule has 1 aromatic carbocycles. The zero-order valence-electron chi connectivity index (χ0n) is 12.2. The number of amides is 1. The number of hydrogen-bond acceptors (Lipinski definition) is 5. The SMILES string of the molecule is O=C(Cc1ccc(-n2cnnn2)cc1)NC1CCCCC1O. The molecule has 2 aromatic rings. The lowest BCUT2D eigenvalue weighted by Crippen LogP contribution is -2.45. The van der Waals surface area contributed by atoms with Gasteiger partial charge in [-0.25, -0.2) is 4.68 Å². The van der Waals surface area contributed by atoms with Crippen molar-refractivity contribution >= 4 is 5.91 Å². The highest BCUT2D eigenvalue weighted by Crippen LogP contribution is 2.18. The second-order valence-corrected chi connectivity index (χ2v) is 5.62. The number of aliphatic hydroxyl groups excluding tert-OH is 1. The quantitative estimate of drug-likeness (QED) is 0.864. The van der Waals surface area contributed by atoms with Crippen molar-refractivity contribution in [2.24, 2.45) is 0 Å². The molecule has 7 heteroatoms. The minimum atomic E-state index is -0.417. The van der Waals surface area contributed by atoms with Crippen molar-refractivity contribution in [2.45, 2.75) is 44.2 Å².